The summed E-state index contributed by atoms with van der Waals surface area (Å²) in [5.41, 5.74) is 0.753. The van der Waals surface area contributed by atoms with Crippen LogP contribution >= 0.6 is 11.3 Å². The molecule has 0 atom stereocenters. The lowest BCUT2D eigenvalue weighted by molar-refractivity contribution is 0.350. The second kappa shape index (κ2) is 5.63. The topological polar surface area (TPSA) is 55.1 Å². The van der Waals surface area contributed by atoms with E-state index in [1.807, 2.05) is 19.1 Å². The van der Waals surface area contributed by atoms with Crippen molar-refractivity contribution in [1.29, 1.82) is 0 Å². The molecule has 5 heteroatoms. The summed E-state index contributed by atoms with van der Waals surface area (Å²) in [6.07, 6.45) is 1.67. The number of hydrogen-bond donors (Lipinski definition) is 1. The van der Waals surface area contributed by atoms with E-state index in [9.17, 15) is 4.79 Å². The zero-order valence-corrected chi connectivity index (χ0v) is 10.7. The maximum Gasteiger partial charge on any atom is 0.267 e. The number of rotatable bonds is 2. The molecule has 92 valence electrons. The van der Waals surface area contributed by atoms with Crippen molar-refractivity contribution in [2.75, 3.05) is 6.61 Å². The van der Waals surface area contributed by atoms with E-state index in [4.69, 9.17) is 5.11 Å². The van der Waals surface area contributed by atoms with Gasteiger partial charge in [0.1, 0.15) is 6.61 Å². The normalized spacial score (nSPS) is 9.89. The first-order valence-corrected chi connectivity index (χ1v) is 6.23. The zero-order valence-electron chi connectivity index (χ0n) is 9.88. The molecular formula is C13H12N2O2S. The van der Waals surface area contributed by atoms with Gasteiger partial charge < -0.3 is 5.11 Å². The Morgan fingerprint density at radius 3 is 3.06 bits per heavy atom. The van der Waals surface area contributed by atoms with Crippen LogP contribution in [0.25, 0.3) is 0 Å². The first-order valence-electron chi connectivity index (χ1n) is 5.41. The first kappa shape index (κ1) is 12.6. The molecule has 1 N–H and O–H groups in total. The number of aliphatic hydroxyl groups excluding tert-OH is 1. The molecule has 0 amide bonds. The fourth-order valence-corrected chi connectivity index (χ4v) is 2.31. The lowest BCUT2D eigenvalue weighted by Gasteiger charge is -2.01. The lowest BCUT2D eigenvalue weighted by atomic mass is 10.3. The van der Waals surface area contributed by atoms with E-state index in [-0.39, 0.29) is 12.2 Å². The van der Waals surface area contributed by atoms with Crippen molar-refractivity contribution in [3.05, 3.63) is 50.1 Å². The maximum absolute atomic E-state index is 11.7. The van der Waals surface area contributed by atoms with Gasteiger partial charge in [-0.25, -0.2) is 4.68 Å². The van der Waals surface area contributed by atoms with Gasteiger partial charge in [0, 0.05) is 10.9 Å². The Morgan fingerprint density at radius 1 is 1.50 bits per heavy atom. The molecule has 2 aromatic heterocycles. The Labute approximate surface area is 109 Å². The smallest absolute Gasteiger partial charge is 0.267 e. The Bertz CT molecular complexity index is 661. The third-order valence-electron chi connectivity index (χ3n) is 2.26. The second-order valence-corrected chi connectivity index (χ2v) is 4.92. The average molecular weight is 260 g/mol. The molecule has 4 nitrogen and oxygen atoms in total. The van der Waals surface area contributed by atoms with Crippen LogP contribution < -0.4 is 5.56 Å². The van der Waals surface area contributed by atoms with Crippen molar-refractivity contribution >= 4 is 11.3 Å². The summed E-state index contributed by atoms with van der Waals surface area (Å²) >= 11 is 1.50. The van der Waals surface area contributed by atoms with E-state index < -0.39 is 0 Å². The first-order chi connectivity index (χ1) is 8.69. The van der Waals surface area contributed by atoms with Crippen LogP contribution in [0.2, 0.25) is 0 Å². The number of nitrogens with zero attached hydrogens (tertiary/aromatic N) is 2. The van der Waals surface area contributed by atoms with E-state index in [0.717, 1.165) is 15.3 Å². The lowest BCUT2D eigenvalue weighted by Crippen LogP contribution is -2.22. The highest BCUT2D eigenvalue weighted by Gasteiger charge is 2.02. The fraction of sp³-hybridized carbons (Fsp3) is 0.231. The minimum atomic E-state index is -0.147. The van der Waals surface area contributed by atoms with E-state index in [1.54, 1.807) is 12.3 Å². The maximum atomic E-state index is 11.7. The van der Waals surface area contributed by atoms with Crippen molar-refractivity contribution in [3.8, 4) is 11.8 Å². The molecule has 2 rings (SSSR count). The predicted molar refractivity (Wildman–Crippen MR) is 70.6 cm³/mol. The molecule has 0 spiro atoms. The number of aromatic nitrogens is 2. The molecule has 2 heterocycles. The molecule has 0 saturated heterocycles. The van der Waals surface area contributed by atoms with Gasteiger partial charge in [-0.05, 0) is 24.6 Å². The third kappa shape index (κ3) is 3.06. The monoisotopic (exact) mass is 260 g/mol. The van der Waals surface area contributed by atoms with Gasteiger partial charge in [-0.2, -0.15) is 5.10 Å². The highest BCUT2D eigenvalue weighted by molar-refractivity contribution is 7.12. The Hall–Kier alpha value is -1.90. The summed E-state index contributed by atoms with van der Waals surface area (Å²) in [6, 6.07) is 5.36. The van der Waals surface area contributed by atoms with Gasteiger partial charge >= 0.3 is 0 Å². The zero-order chi connectivity index (χ0) is 13.0. The molecule has 0 fully saturated rings. The standard InChI is InChI=1S/C13H12N2O2S/c1-10-7-13(17)15(14-8-10)9-12-5-4-11(18-12)3-2-6-16/h4-5,7-8,16H,6,9H2,1H3. The van der Waals surface area contributed by atoms with Gasteiger partial charge in [0.05, 0.1) is 17.6 Å². The molecule has 0 unspecified atom stereocenters. The fourth-order valence-electron chi connectivity index (χ4n) is 1.45. The minimum absolute atomic E-state index is 0.105. The van der Waals surface area contributed by atoms with Gasteiger partial charge in [-0.3, -0.25) is 4.79 Å². The van der Waals surface area contributed by atoms with Crippen LogP contribution in [0.3, 0.4) is 0 Å². The Morgan fingerprint density at radius 2 is 2.33 bits per heavy atom. The summed E-state index contributed by atoms with van der Waals surface area (Å²) in [7, 11) is 0. The molecule has 0 aliphatic heterocycles. The quantitative estimate of drug-likeness (QED) is 0.820. The molecule has 0 aliphatic carbocycles. The molecule has 0 bridgehead atoms. The SMILES string of the molecule is Cc1cnn(Cc2ccc(C#CCO)s2)c(=O)c1. The highest BCUT2D eigenvalue weighted by atomic mass is 32.1. The van der Waals surface area contributed by atoms with E-state index in [2.05, 4.69) is 16.9 Å². The Kier molecular flexibility index (Phi) is 3.92. The summed E-state index contributed by atoms with van der Waals surface area (Å²) < 4.78 is 1.42. The van der Waals surface area contributed by atoms with Crippen molar-refractivity contribution in [2.45, 2.75) is 13.5 Å². The van der Waals surface area contributed by atoms with Crippen molar-refractivity contribution in [1.82, 2.24) is 9.78 Å². The van der Waals surface area contributed by atoms with E-state index in [0.29, 0.717) is 6.54 Å². The van der Waals surface area contributed by atoms with Gasteiger partial charge in [0.25, 0.3) is 5.56 Å². The number of aryl methyl sites for hydroxylation is 1. The second-order valence-electron chi connectivity index (χ2n) is 3.75. The van der Waals surface area contributed by atoms with E-state index in [1.165, 1.54) is 16.0 Å². The molecule has 0 saturated carbocycles. The van der Waals surface area contributed by atoms with Crippen LogP contribution in [0.1, 0.15) is 15.3 Å². The summed E-state index contributed by atoms with van der Waals surface area (Å²) in [6.45, 7) is 2.14. The molecule has 0 aromatic carbocycles. The molecule has 18 heavy (non-hydrogen) atoms. The summed E-state index contributed by atoms with van der Waals surface area (Å²) in [5.74, 6) is 5.43. The minimum Gasteiger partial charge on any atom is -0.384 e. The highest BCUT2D eigenvalue weighted by Crippen LogP contribution is 2.15. The number of aliphatic hydroxyl groups is 1. The van der Waals surface area contributed by atoms with Crippen LogP contribution in [0.5, 0.6) is 0 Å². The molecule has 0 radical (unpaired) electrons. The van der Waals surface area contributed by atoms with Crippen LogP contribution in [-0.2, 0) is 6.54 Å². The van der Waals surface area contributed by atoms with Gasteiger partial charge in [0.2, 0.25) is 0 Å². The average Bonchev–Trinajstić information content (AvgIpc) is 2.78. The van der Waals surface area contributed by atoms with Crippen LogP contribution in [0.4, 0.5) is 0 Å². The predicted octanol–water partition coefficient (Wildman–Crippen LogP) is 1.01. The van der Waals surface area contributed by atoms with Gasteiger partial charge in [-0.15, -0.1) is 11.3 Å². The van der Waals surface area contributed by atoms with Crippen molar-refractivity contribution < 1.29 is 5.11 Å². The van der Waals surface area contributed by atoms with Crippen LogP contribution in [0, 0.1) is 18.8 Å². The number of thiophene rings is 1. The summed E-state index contributed by atoms with van der Waals surface area (Å²) in [4.78, 5) is 13.6. The molecule has 0 aliphatic rings. The van der Waals surface area contributed by atoms with Crippen molar-refractivity contribution in [3.63, 3.8) is 0 Å². The van der Waals surface area contributed by atoms with Gasteiger partial charge in [0.15, 0.2) is 0 Å². The van der Waals surface area contributed by atoms with Crippen LogP contribution in [0.15, 0.2) is 29.2 Å². The number of hydrogen-bond acceptors (Lipinski definition) is 4. The molecule has 2 aromatic rings. The van der Waals surface area contributed by atoms with Crippen molar-refractivity contribution in [2.24, 2.45) is 0 Å². The van der Waals surface area contributed by atoms with E-state index >= 15 is 0 Å². The van der Waals surface area contributed by atoms with Crippen LogP contribution in [-0.4, -0.2) is 21.5 Å². The Balaban J connectivity index is 2.19. The van der Waals surface area contributed by atoms with Gasteiger partial charge in [-0.1, -0.05) is 11.8 Å². The molecular weight excluding hydrogens is 248 g/mol. The summed E-state index contributed by atoms with van der Waals surface area (Å²) in [5, 5.41) is 12.7. The largest absolute Gasteiger partial charge is 0.384 e. The third-order valence-corrected chi connectivity index (χ3v) is 3.25.